The van der Waals surface area contributed by atoms with E-state index in [9.17, 15) is 4.79 Å². The van der Waals surface area contributed by atoms with E-state index in [4.69, 9.17) is 22.1 Å². The van der Waals surface area contributed by atoms with Crippen LogP contribution in [0.4, 0.5) is 0 Å². The summed E-state index contributed by atoms with van der Waals surface area (Å²) in [7, 11) is 0.772. The van der Waals surface area contributed by atoms with Gasteiger partial charge in [-0.25, -0.2) is 0 Å². The summed E-state index contributed by atoms with van der Waals surface area (Å²) >= 11 is 6.19. The number of carbonyl (C=O) groups excluding carboxylic acids is 1. The molecule has 106 valence electrons. The van der Waals surface area contributed by atoms with Crippen LogP contribution in [0, 0.1) is 0 Å². The molecule has 0 aliphatic rings. The van der Waals surface area contributed by atoms with Gasteiger partial charge >= 0.3 is 18.9 Å². The van der Waals surface area contributed by atoms with E-state index in [1.165, 1.54) is 7.11 Å². The minimum atomic E-state index is -0.725. The number of aldehydes is 1. The maximum absolute atomic E-state index is 11.2. The molecule has 0 aromatic heterocycles. The second kappa shape index (κ2) is 8.59. The molecule has 2 N–H and O–H groups in total. The molecule has 0 bridgehead atoms. The molecule has 0 spiro atoms. The van der Waals surface area contributed by atoms with Crippen molar-refractivity contribution < 1.29 is 9.53 Å². The van der Waals surface area contributed by atoms with Gasteiger partial charge in [0.05, 0.1) is 17.7 Å². The van der Waals surface area contributed by atoms with Gasteiger partial charge in [0.1, 0.15) is 5.75 Å². The molecule has 2 aromatic rings. The van der Waals surface area contributed by atoms with Gasteiger partial charge in [-0.1, -0.05) is 41.9 Å². The topological polar surface area (TPSA) is 52.3 Å². The Morgan fingerprint density at radius 2 is 1.90 bits per heavy atom. The van der Waals surface area contributed by atoms with Crippen LogP contribution in [0.3, 0.4) is 0 Å². The van der Waals surface area contributed by atoms with Crippen LogP contribution in [0.25, 0.3) is 0 Å². The van der Waals surface area contributed by atoms with Gasteiger partial charge in [0.15, 0.2) is 6.29 Å². The van der Waals surface area contributed by atoms with E-state index in [0.717, 1.165) is 16.9 Å². The Balaban J connectivity index is 0.00000220. The number of hydrogen-bond donors (Lipinski definition) is 1. The van der Waals surface area contributed by atoms with Gasteiger partial charge in [-0.2, -0.15) is 0 Å². The van der Waals surface area contributed by atoms with Crippen LogP contribution in [-0.2, 0) is 0 Å². The van der Waals surface area contributed by atoms with Crippen molar-refractivity contribution in [2.45, 2.75) is 0 Å². The molecule has 0 aliphatic carbocycles. The number of ether oxygens (including phenoxy) is 1. The van der Waals surface area contributed by atoms with E-state index in [2.05, 4.69) is 0 Å². The average Bonchev–Trinajstić information content (AvgIpc) is 2.48. The van der Waals surface area contributed by atoms with Crippen molar-refractivity contribution in [2.24, 2.45) is 5.73 Å². The molecule has 0 fully saturated rings. The Hall–Kier alpha value is -0.813. The molecule has 1 unspecified atom stereocenters. The Bertz CT molecular complexity index is 610. The summed E-state index contributed by atoms with van der Waals surface area (Å²) in [6.45, 7) is 0. The summed E-state index contributed by atoms with van der Waals surface area (Å²) in [5.74, 6) is 0.408. The Kier molecular flexibility index (Phi) is 7.46. The Morgan fingerprint density at radius 3 is 2.43 bits per heavy atom. The zero-order chi connectivity index (χ0) is 14.5. The first-order chi connectivity index (χ1) is 9.71. The van der Waals surface area contributed by atoms with Crippen LogP contribution in [-0.4, -0.2) is 38.5 Å². The number of halogens is 1. The second-order valence-corrected chi connectivity index (χ2v) is 6.78. The fourth-order valence-corrected chi connectivity index (χ4v) is 4.24. The maximum atomic E-state index is 11.2. The summed E-state index contributed by atoms with van der Waals surface area (Å²) < 4.78 is 5.15. The molecule has 0 saturated heterocycles. The van der Waals surface area contributed by atoms with Crippen molar-refractivity contribution >= 4 is 55.3 Å². The normalized spacial score (nSPS) is 11.4. The third kappa shape index (κ3) is 4.10. The number of carbonyl (C=O) groups is 1. The van der Waals surface area contributed by atoms with Gasteiger partial charge in [-0.15, -0.1) is 0 Å². The van der Waals surface area contributed by atoms with E-state index < -0.39 is 7.92 Å². The van der Waals surface area contributed by atoms with Crippen molar-refractivity contribution in [3.63, 3.8) is 0 Å². The van der Waals surface area contributed by atoms with Crippen LogP contribution in [0.15, 0.2) is 42.5 Å². The summed E-state index contributed by atoms with van der Waals surface area (Å²) in [6.07, 6.45) is 1.25. The van der Waals surface area contributed by atoms with Crippen LogP contribution in [0.1, 0.15) is 10.4 Å². The first-order valence-corrected chi connectivity index (χ1v) is 7.97. The van der Waals surface area contributed by atoms with E-state index in [-0.39, 0.29) is 18.9 Å². The van der Waals surface area contributed by atoms with Gasteiger partial charge < -0.3 is 10.5 Å². The van der Waals surface area contributed by atoms with Crippen molar-refractivity contribution in [3.8, 4) is 5.75 Å². The second-order valence-electron chi connectivity index (χ2n) is 4.11. The Labute approximate surface area is 142 Å². The third-order valence-electron chi connectivity index (χ3n) is 2.95. The predicted octanol–water partition coefficient (Wildman–Crippen LogP) is 1.86. The number of methoxy groups -OCH3 is 1. The first-order valence-electron chi connectivity index (χ1n) is 6.06. The molecule has 1 atom stereocenters. The molecule has 21 heavy (non-hydrogen) atoms. The molecule has 2 aromatic carbocycles. The van der Waals surface area contributed by atoms with E-state index in [1.54, 1.807) is 0 Å². The van der Waals surface area contributed by atoms with Crippen molar-refractivity contribution in [1.29, 1.82) is 0 Å². The molecular formula is C15H16ClLiNO2P. The van der Waals surface area contributed by atoms with Gasteiger partial charge in [0, 0.05) is 6.29 Å². The fourth-order valence-electron chi connectivity index (χ4n) is 2.03. The van der Waals surface area contributed by atoms with Gasteiger partial charge in [-0.3, -0.25) is 4.79 Å². The molecule has 0 saturated carbocycles. The summed E-state index contributed by atoms with van der Waals surface area (Å²) in [5, 5.41) is 2.56. The first kappa shape index (κ1) is 18.2. The Morgan fingerprint density at radius 1 is 1.24 bits per heavy atom. The van der Waals surface area contributed by atoms with Gasteiger partial charge in [0.2, 0.25) is 0 Å². The van der Waals surface area contributed by atoms with Crippen LogP contribution in [0.5, 0.6) is 5.75 Å². The van der Waals surface area contributed by atoms with E-state index in [1.807, 2.05) is 42.5 Å². The van der Waals surface area contributed by atoms with E-state index >= 15 is 0 Å². The van der Waals surface area contributed by atoms with Crippen molar-refractivity contribution in [3.05, 3.63) is 53.1 Å². The monoisotopic (exact) mass is 315 g/mol. The molecule has 3 nitrogen and oxygen atoms in total. The third-order valence-corrected chi connectivity index (χ3v) is 5.40. The van der Waals surface area contributed by atoms with Crippen LogP contribution >= 0.6 is 19.5 Å². The minimum absolute atomic E-state index is 0. The summed E-state index contributed by atoms with van der Waals surface area (Å²) in [6, 6.07) is 13.6. The van der Waals surface area contributed by atoms with Crippen molar-refractivity contribution in [2.75, 3.05) is 13.4 Å². The van der Waals surface area contributed by atoms with Gasteiger partial charge in [0.25, 0.3) is 0 Å². The molecule has 6 heteroatoms. The zero-order valence-electron chi connectivity index (χ0n) is 11.0. The van der Waals surface area contributed by atoms with Crippen molar-refractivity contribution in [1.82, 2.24) is 0 Å². The SMILES string of the molecule is COc1c(Cl)cc(P(CN)c2ccccc2)cc1C=O.[LiH]. The summed E-state index contributed by atoms with van der Waals surface area (Å²) in [4.78, 5) is 11.2. The number of rotatable bonds is 5. The molecule has 0 amide bonds. The summed E-state index contributed by atoms with van der Waals surface area (Å²) in [5.41, 5.74) is 6.37. The standard InChI is InChI=1S/C15H15ClNO2P.Li.H/c1-19-15-11(9-18)7-13(8-14(15)16)20(10-17)12-5-3-2-4-6-12;;/h2-9H,10,17H2,1H3;;. The number of hydrogen-bond acceptors (Lipinski definition) is 3. The zero-order valence-corrected chi connectivity index (χ0v) is 12.7. The van der Waals surface area contributed by atoms with Crippen LogP contribution < -0.4 is 21.1 Å². The number of benzene rings is 2. The van der Waals surface area contributed by atoms with Gasteiger partial charge in [-0.05, 0) is 30.7 Å². The molecule has 0 aliphatic heterocycles. The molecule has 0 heterocycles. The quantitative estimate of drug-likeness (QED) is 0.520. The average molecular weight is 316 g/mol. The fraction of sp³-hybridized carbons (Fsp3) is 0.133. The van der Waals surface area contributed by atoms with Crippen LogP contribution in [0.2, 0.25) is 5.02 Å². The molecule has 2 rings (SSSR count). The predicted molar refractivity (Wildman–Crippen MR) is 92.2 cm³/mol. The number of nitrogens with two attached hydrogens (primary N) is 1. The van der Waals surface area contributed by atoms with E-state index in [0.29, 0.717) is 22.6 Å². The molecule has 0 radical (unpaired) electrons. The molecular weight excluding hydrogens is 300 g/mol.